The van der Waals surface area contributed by atoms with Crippen LogP contribution in [0, 0.1) is 0 Å². The third-order valence-corrected chi connectivity index (χ3v) is 4.78. The number of aromatic carboxylic acids is 1. The number of anilines is 1. The van der Waals surface area contributed by atoms with Gasteiger partial charge in [0.25, 0.3) is 0 Å². The predicted octanol–water partition coefficient (Wildman–Crippen LogP) is 3.37. The number of nitrogens with zero attached hydrogens (tertiary/aromatic N) is 1. The lowest BCUT2D eigenvalue weighted by Crippen LogP contribution is -2.15. The van der Waals surface area contributed by atoms with E-state index in [1.54, 1.807) is 0 Å². The maximum Gasteiger partial charge on any atom is 0.335 e. The Morgan fingerprint density at radius 1 is 1.38 bits per heavy atom. The van der Waals surface area contributed by atoms with Crippen molar-refractivity contribution in [3.05, 3.63) is 45.2 Å². The molecular weight excluding hydrogens is 332 g/mol. The van der Waals surface area contributed by atoms with E-state index >= 15 is 0 Å². The van der Waals surface area contributed by atoms with Gasteiger partial charge in [-0.25, -0.2) is 9.78 Å². The molecule has 2 aromatic heterocycles. The molecule has 0 bridgehead atoms. The van der Waals surface area contributed by atoms with Crippen LogP contribution in [0.4, 0.5) is 5.82 Å². The maximum atomic E-state index is 11.7. The van der Waals surface area contributed by atoms with Crippen LogP contribution in [0.1, 0.15) is 15.2 Å². The first kappa shape index (κ1) is 15.8. The number of amides is 1. The van der Waals surface area contributed by atoms with E-state index in [2.05, 4.69) is 10.3 Å². The highest BCUT2D eigenvalue weighted by Gasteiger charge is 2.08. The van der Waals surface area contributed by atoms with E-state index < -0.39 is 5.97 Å². The molecule has 0 saturated heterocycles. The standard InChI is InChI=1S/C13H11ClN2O3S2/c14-10-2-1-9(21-10)6-20-7-12(17)16-11-5-8(13(18)19)3-4-15-11/h1-5H,6-7H2,(H,18,19)(H,15,16,17). The zero-order chi connectivity index (χ0) is 15.2. The van der Waals surface area contributed by atoms with Crippen molar-refractivity contribution in [3.63, 3.8) is 0 Å². The highest BCUT2D eigenvalue weighted by Crippen LogP contribution is 2.25. The van der Waals surface area contributed by atoms with Gasteiger partial charge in [0.05, 0.1) is 15.7 Å². The second kappa shape index (κ2) is 7.44. The van der Waals surface area contributed by atoms with E-state index in [0.717, 1.165) is 9.21 Å². The van der Waals surface area contributed by atoms with E-state index in [-0.39, 0.29) is 23.0 Å². The third-order valence-electron chi connectivity index (χ3n) is 2.38. The number of hydrogen-bond donors (Lipinski definition) is 2. The Balaban J connectivity index is 1.81. The van der Waals surface area contributed by atoms with Crippen LogP contribution >= 0.6 is 34.7 Å². The minimum Gasteiger partial charge on any atom is -0.478 e. The molecule has 1 amide bonds. The van der Waals surface area contributed by atoms with E-state index in [4.69, 9.17) is 16.7 Å². The van der Waals surface area contributed by atoms with Crippen LogP contribution in [0.5, 0.6) is 0 Å². The summed E-state index contributed by atoms with van der Waals surface area (Å²) in [6, 6.07) is 6.44. The molecule has 8 heteroatoms. The SMILES string of the molecule is O=C(CSCc1ccc(Cl)s1)Nc1cc(C(=O)O)ccn1. The van der Waals surface area contributed by atoms with Crippen molar-refractivity contribution in [2.75, 3.05) is 11.1 Å². The number of aromatic nitrogens is 1. The number of carboxylic acid groups (broad SMARTS) is 1. The third kappa shape index (κ3) is 5.04. The zero-order valence-corrected chi connectivity index (χ0v) is 13.1. The Hall–Kier alpha value is -1.57. The fourth-order valence-corrected chi connectivity index (χ4v) is 3.51. The van der Waals surface area contributed by atoms with Crippen molar-refractivity contribution in [2.24, 2.45) is 0 Å². The summed E-state index contributed by atoms with van der Waals surface area (Å²) in [5, 5.41) is 11.4. The number of thioether (sulfide) groups is 1. The number of hydrogen-bond acceptors (Lipinski definition) is 5. The molecule has 0 aliphatic rings. The Bertz CT molecular complexity index is 660. The van der Waals surface area contributed by atoms with Crippen molar-refractivity contribution in [1.29, 1.82) is 0 Å². The molecule has 0 spiro atoms. The molecule has 0 fully saturated rings. The van der Waals surface area contributed by atoms with Gasteiger partial charge in [-0.05, 0) is 24.3 Å². The number of carbonyl (C=O) groups excluding carboxylic acids is 1. The molecule has 0 radical (unpaired) electrons. The van der Waals surface area contributed by atoms with Crippen LogP contribution in [-0.2, 0) is 10.5 Å². The smallest absolute Gasteiger partial charge is 0.335 e. The van der Waals surface area contributed by atoms with Gasteiger partial charge < -0.3 is 10.4 Å². The summed E-state index contributed by atoms with van der Waals surface area (Å²) in [7, 11) is 0. The van der Waals surface area contributed by atoms with Crippen LogP contribution in [0.3, 0.4) is 0 Å². The maximum absolute atomic E-state index is 11.7. The summed E-state index contributed by atoms with van der Waals surface area (Å²) in [6.07, 6.45) is 1.35. The molecule has 0 atom stereocenters. The van der Waals surface area contributed by atoms with Gasteiger partial charge in [0, 0.05) is 16.8 Å². The summed E-state index contributed by atoms with van der Waals surface area (Å²) in [6.45, 7) is 0. The van der Waals surface area contributed by atoms with Gasteiger partial charge in [0.2, 0.25) is 5.91 Å². The first-order valence-electron chi connectivity index (χ1n) is 5.86. The summed E-state index contributed by atoms with van der Waals surface area (Å²) >= 11 is 8.76. The topological polar surface area (TPSA) is 79.3 Å². The monoisotopic (exact) mass is 342 g/mol. The van der Waals surface area contributed by atoms with E-state index in [9.17, 15) is 9.59 Å². The number of rotatable bonds is 6. The molecule has 110 valence electrons. The van der Waals surface area contributed by atoms with Crippen LogP contribution in [-0.4, -0.2) is 27.7 Å². The van der Waals surface area contributed by atoms with E-state index in [1.165, 1.54) is 41.4 Å². The number of pyridine rings is 1. The van der Waals surface area contributed by atoms with Crippen LogP contribution < -0.4 is 5.32 Å². The lowest BCUT2D eigenvalue weighted by Gasteiger charge is -2.04. The lowest BCUT2D eigenvalue weighted by atomic mass is 10.2. The number of carboxylic acids is 1. The Morgan fingerprint density at radius 2 is 2.19 bits per heavy atom. The van der Waals surface area contributed by atoms with Crippen molar-refractivity contribution in [1.82, 2.24) is 4.98 Å². The minimum atomic E-state index is -1.06. The molecule has 0 aromatic carbocycles. The Morgan fingerprint density at radius 3 is 2.86 bits per heavy atom. The fourth-order valence-electron chi connectivity index (χ4n) is 1.48. The molecule has 0 saturated carbocycles. The normalized spacial score (nSPS) is 10.3. The zero-order valence-electron chi connectivity index (χ0n) is 10.7. The van der Waals surface area contributed by atoms with Crippen LogP contribution in [0.2, 0.25) is 4.34 Å². The van der Waals surface area contributed by atoms with Gasteiger partial charge in [-0.3, -0.25) is 4.79 Å². The van der Waals surface area contributed by atoms with E-state index in [1.807, 2.05) is 12.1 Å². The second-order valence-corrected chi connectivity index (χ2v) is 6.77. The lowest BCUT2D eigenvalue weighted by molar-refractivity contribution is -0.113. The Labute approximate surface area is 134 Å². The summed E-state index contributed by atoms with van der Waals surface area (Å²) < 4.78 is 0.727. The van der Waals surface area contributed by atoms with Gasteiger partial charge >= 0.3 is 5.97 Å². The van der Waals surface area contributed by atoms with Crippen molar-refractivity contribution in [2.45, 2.75) is 5.75 Å². The van der Waals surface area contributed by atoms with Crippen molar-refractivity contribution < 1.29 is 14.7 Å². The quantitative estimate of drug-likeness (QED) is 0.841. The number of carbonyl (C=O) groups is 2. The highest BCUT2D eigenvalue weighted by atomic mass is 35.5. The fraction of sp³-hybridized carbons (Fsp3) is 0.154. The summed E-state index contributed by atoms with van der Waals surface area (Å²) in [4.78, 5) is 27.6. The van der Waals surface area contributed by atoms with Crippen molar-refractivity contribution in [3.8, 4) is 0 Å². The molecular formula is C13H11ClN2O3S2. The van der Waals surface area contributed by atoms with Gasteiger partial charge in [-0.1, -0.05) is 11.6 Å². The van der Waals surface area contributed by atoms with Gasteiger partial charge in [-0.15, -0.1) is 23.1 Å². The minimum absolute atomic E-state index is 0.0844. The summed E-state index contributed by atoms with van der Waals surface area (Å²) in [5.41, 5.74) is 0.0844. The van der Waals surface area contributed by atoms with Gasteiger partial charge in [0.1, 0.15) is 5.82 Å². The predicted molar refractivity (Wildman–Crippen MR) is 85.3 cm³/mol. The molecule has 0 unspecified atom stereocenters. The number of thiophene rings is 1. The van der Waals surface area contributed by atoms with E-state index in [0.29, 0.717) is 5.75 Å². The summed E-state index contributed by atoms with van der Waals surface area (Å²) in [5.74, 6) is -0.0868. The molecule has 0 aliphatic carbocycles. The number of halogens is 1. The molecule has 21 heavy (non-hydrogen) atoms. The highest BCUT2D eigenvalue weighted by molar-refractivity contribution is 7.99. The average Bonchev–Trinajstić information content (AvgIpc) is 2.84. The molecule has 2 rings (SSSR count). The first-order chi connectivity index (χ1) is 10.0. The van der Waals surface area contributed by atoms with Gasteiger partial charge in [-0.2, -0.15) is 0 Å². The Kier molecular flexibility index (Phi) is 5.60. The van der Waals surface area contributed by atoms with Crippen LogP contribution in [0.25, 0.3) is 0 Å². The molecule has 2 aromatic rings. The van der Waals surface area contributed by atoms with Gasteiger partial charge in [0.15, 0.2) is 0 Å². The molecule has 2 heterocycles. The van der Waals surface area contributed by atoms with Crippen LogP contribution in [0.15, 0.2) is 30.5 Å². The largest absolute Gasteiger partial charge is 0.478 e. The average molecular weight is 343 g/mol. The second-order valence-electron chi connectivity index (χ2n) is 3.98. The molecule has 0 aliphatic heterocycles. The number of nitrogens with one attached hydrogen (secondary N) is 1. The van der Waals surface area contributed by atoms with Crippen molar-refractivity contribution >= 4 is 52.4 Å². The molecule has 5 nitrogen and oxygen atoms in total. The first-order valence-corrected chi connectivity index (χ1v) is 8.20. The molecule has 2 N–H and O–H groups in total.